The second-order valence-electron chi connectivity index (χ2n) is 6.44. The first-order valence-corrected chi connectivity index (χ1v) is 7.96. The molecule has 1 aliphatic heterocycles. The summed E-state index contributed by atoms with van der Waals surface area (Å²) in [6.07, 6.45) is 1.66. The summed E-state index contributed by atoms with van der Waals surface area (Å²) in [6.45, 7) is 7.89. The Balaban J connectivity index is 2.50. The third-order valence-electron chi connectivity index (χ3n) is 4.29. The molecule has 1 aromatic rings. The molecular weight excluding hydrogens is 274 g/mol. The van der Waals surface area contributed by atoms with Crippen molar-refractivity contribution in [1.82, 2.24) is 10.2 Å². The molecule has 0 radical (unpaired) electrons. The highest BCUT2D eigenvalue weighted by Gasteiger charge is 2.38. The number of hydrogen-bond donors (Lipinski definition) is 2. The molecule has 1 unspecified atom stereocenters. The lowest BCUT2D eigenvalue weighted by Gasteiger charge is -2.43. The van der Waals surface area contributed by atoms with Crippen molar-refractivity contribution in [2.45, 2.75) is 32.7 Å². The summed E-state index contributed by atoms with van der Waals surface area (Å²) in [5.41, 5.74) is 8.88. The van der Waals surface area contributed by atoms with Gasteiger partial charge in [0.2, 0.25) is 0 Å². The van der Waals surface area contributed by atoms with Crippen molar-refractivity contribution < 1.29 is 4.79 Å². The van der Waals surface area contributed by atoms with Crippen LogP contribution in [0.4, 0.5) is 0 Å². The van der Waals surface area contributed by atoms with E-state index in [1.807, 2.05) is 30.1 Å². The van der Waals surface area contributed by atoms with Crippen molar-refractivity contribution in [3.8, 4) is 0 Å². The molecule has 0 aromatic heterocycles. The Labute approximate surface area is 133 Å². The van der Waals surface area contributed by atoms with Crippen molar-refractivity contribution in [2.75, 3.05) is 20.1 Å². The molecule has 22 heavy (non-hydrogen) atoms. The summed E-state index contributed by atoms with van der Waals surface area (Å²) in [6, 6.07) is 7.95. The number of likely N-dealkylation sites (N-methyl/N-ethyl adjacent to an activating group) is 1. The van der Waals surface area contributed by atoms with Gasteiger partial charge in [-0.1, -0.05) is 39.0 Å². The molecule has 1 heterocycles. The standard InChI is InChI=1S/C18H27N3O/c1-12(2)11-21-17(14(9-19)10-20-4)13(3)15-7-5-6-8-16(15)18(21)22/h5-9,12-13,17,20H,10-11,19H2,1-4H3/b14-9+/t13-,17?/m0/s1. The van der Waals surface area contributed by atoms with E-state index in [4.69, 9.17) is 5.73 Å². The van der Waals surface area contributed by atoms with Crippen LogP contribution in [-0.4, -0.2) is 37.0 Å². The van der Waals surface area contributed by atoms with Crippen molar-refractivity contribution in [3.05, 3.63) is 47.2 Å². The van der Waals surface area contributed by atoms with Gasteiger partial charge in [0, 0.05) is 24.6 Å². The molecular formula is C18H27N3O. The van der Waals surface area contributed by atoms with E-state index in [2.05, 4.69) is 32.2 Å². The molecule has 1 amide bonds. The Bertz CT molecular complexity index is 565. The SMILES string of the molecule is CNC/C(=C\N)C1[C@@H](C)c2ccccc2C(=O)N1CC(C)C. The minimum atomic E-state index is 0.0160. The smallest absolute Gasteiger partial charge is 0.254 e. The average molecular weight is 301 g/mol. The lowest BCUT2D eigenvalue weighted by Crippen LogP contribution is -2.51. The van der Waals surface area contributed by atoms with Crippen LogP contribution in [0, 0.1) is 5.92 Å². The molecule has 2 rings (SSSR count). The van der Waals surface area contributed by atoms with E-state index in [1.54, 1.807) is 6.20 Å². The number of rotatable bonds is 5. The van der Waals surface area contributed by atoms with Gasteiger partial charge < -0.3 is 16.0 Å². The van der Waals surface area contributed by atoms with Gasteiger partial charge in [0.05, 0.1) is 6.04 Å². The molecule has 0 spiro atoms. The molecule has 0 saturated heterocycles. The molecule has 4 nitrogen and oxygen atoms in total. The summed E-state index contributed by atoms with van der Waals surface area (Å²) in [5.74, 6) is 0.760. The van der Waals surface area contributed by atoms with Crippen LogP contribution in [0.5, 0.6) is 0 Å². The fourth-order valence-corrected chi connectivity index (χ4v) is 3.39. The number of nitrogens with zero attached hydrogens (tertiary/aromatic N) is 1. The highest BCUT2D eigenvalue weighted by atomic mass is 16.2. The van der Waals surface area contributed by atoms with Gasteiger partial charge in [0.1, 0.15) is 0 Å². The van der Waals surface area contributed by atoms with Gasteiger partial charge in [-0.15, -0.1) is 0 Å². The lowest BCUT2D eigenvalue weighted by molar-refractivity contribution is 0.0626. The summed E-state index contributed by atoms with van der Waals surface area (Å²) < 4.78 is 0. The maximum absolute atomic E-state index is 13.0. The van der Waals surface area contributed by atoms with E-state index in [9.17, 15) is 4.79 Å². The zero-order valence-corrected chi connectivity index (χ0v) is 14.0. The molecule has 0 saturated carbocycles. The first kappa shape index (κ1) is 16.6. The third kappa shape index (κ3) is 3.02. The molecule has 0 bridgehead atoms. The molecule has 3 N–H and O–H groups in total. The van der Waals surface area contributed by atoms with Crippen LogP contribution < -0.4 is 11.1 Å². The highest BCUT2D eigenvalue weighted by molar-refractivity contribution is 5.97. The number of carbonyl (C=O) groups is 1. The second-order valence-corrected chi connectivity index (χ2v) is 6.44. The molecule has 4 heteroatoms. The van der Waals surface area contributed by atoms with Crippen LogP contribution in [-0.2, 0) is 0 Å². The monoisotopic (exact) mass is 301 g/mol. The third-order valence-corrected chi connectivity index (χ3v) is 4.29. The van der Waals surface area contributed by atoms with Gasteiger partial charge in [-0.05, 0) is 36.4 Å². The summed E-state index contributed by atoms with van der Waals surface area (Å²) >= 11 is 0. The summed E-state index contributed by atoms with van der Waals surface area (Å²) in [4.78, 5) is 15.0. The summed E-state index contributed by atoms with van der Waals surface area (Å²) in [7, 11) is 1.90. The molecule has 0 fully saturated rings. The number of hydrogen-bond acceptors (Lipinski definition) is 3. The zero-order valence-electron chi connectivity index (χ0n) is 14.0. The Morgan fingerprint density at radius 1 is 1.41 bits per heavy atom. The Morgan fingerprint density at radius 3 is 2.68 bits per heavy atom. The Morgan fingerprint density at radius 2 is 2.09 bits per heavy atom. The van der Waals surface area contributed by atoms with Crippen molar-refractivity contribution in [3.63, 3.8) is 0 Å². The number of carbonyl (C=O) groups excluding carboxylic acids is 1. The van der Waals surface area contributed by atoms with Gasteiger partial charge >= 0.3 is 0 Å². The first-order chi connectivity index (χ1) is 10.5. The highest BCUT2D eigenvalue weighted by Crippen LogP contribution is 2.36. The number of benzene rings is 1. The van der Waals surface area contributed by atoms with Crippen LogP contribution in [0.1, 0.15) is 42.6 Å². The Hall–Kier alpha value is -1.81. The van der Waals surface area contributed by atoms with E-state index < -0.39 is 0 Å². The van der Waals surface area contributed by atoms with E-state index >= 15 is 0 Å². The van der Waals surface area contributed by atoms with E-state index in [0.717, 1.165) is 23.2 Å². The predicted molar refractivity (Wildman–Crippen MR) is 90.7 cm³/mol. The van der Waals surface area contributed by atoms with Gasteiger partial charge in [-0.2, -0.15) is 0 Å². The number of fused-ring (bicyclic) bond motifs is 1. The van der Waals surface area contributed by atoms with Gasteiger partial charge in [-0.25, -0.2) is 0 Å². The van der Waals surface area contributed by atoms with Gasteiger partial charge in [-0.3, -0.25) is 4.79 Å². The van der Waals surface area contributed by atoms with Crippen molar-refractivity contribution in [1.29, 1.82) is 0 Å². The molecule has 120 valence electrons. The maximum atomic E-state index is 13.0. The average Bonchev–Trinajstić information content (AvgIpc) is 2.51. The fraction of sp³-hybridized carbons (Fsp3) is 0.500. The normalized spacial score (nSPS) is 22.1. The van der Waals surface area contributed by atoms with E-state index in [-0.39, 0.29) is 17.9 Å². The molecule has 1 aliphatic rings. The fourth-order valence-electron chi connectivity index (χ4n) is 3.39. The van der Waals surface area contributed by atoms with E-state index in [0.29, 0.717) is 12.5 Å². The van der Waals surface area contributed by atoms with E-state index in [1.165, 1.54) is 0 Å². The molecule has 1 aromatic carbocycles. The maximum Gasteiger partial charge on any atom is 0.254 e. The number of nitrogens with one attached hydrogen (secondary N) is 1. The predicted octanol–water partition coefficient (Wildman–Crippen LogP) is 2.33. The van der Waals surface area contributed by atoms with Crippen molar-refractivity contribution in [2.24, 2.45) is 11.7 Å². The van der Waals surface area contributed by atoms with Crippen molar-refractivity contribution >= 4 is 5.91 Å². The topological polar surface area (TPSA) is 58.4 Å². The van der Waals surface area contributed by atoms with Crippen LogP contribution in [0.25, 0.3) is 0 Å². The van der Waals surface area contributed by atoms with Gasteiger partial charge in [0.25, 0.3) is 5.91 Å². The second kappa shape index (κ2) is 6.97. The Kier molecular flexibility index (Phi) is 5.24. The lowest BCUT2D eigenvalue weighted by atomic mass is 9.80. The minimum absolute atomic E-state index is 0.0160. The summed E-state index contributed by atoms with van der Waals surface area (Å²) in [5, 5.41) is 3.16. The number of nitrogens with two attached hydrogens (primary N) is 1. The quantitative estimate of drug-likeness (QED) is 0.877. The van der Waals surface area contributed by atoms with Crippen LogP contribution >= 0.6 is 0 Å². The minimum Gasteiger partial charge on any atom is -0.405 e. The molecule has 0 aliphatic carbocycles. The van der Waals surface area contributed by atoms with Crippen LogP contribution in [0.15, 0.2) is 36.0 Å². The van der Waals surface area contributed by atoms with Gasteiger partial charge in [0.15, 0.2) is 0 Å². The molecule has 2 atom stereocenters. The van der Waals surface area contributed by atoms with Crippen LogP contribution in [0.2, 0.25) is 0 Å². The largest absolute Gasteiger partial charge is 0.405 e. The zero-order chi connectivity index (χ0) is 16.3. The van der Waals surface area contributed by atoms with Crippen LogP contribution in [0.3, 0.4) is 0 Å². The first-order valence-electron chi connectivity index (χ1n) is 7.96. The number of amides is 1.